The molecule has 1 aromatic rings. The van der Waals surface area contributed by atoms with Crippen LogP contribution in [-0.2, 0) is 4.74 Å². The van der Waals surface area contributed by atoms with Crippen LogP contribution in [0.25, 0.3) is 0 Å². The number of rotatable bonds is 3. The van der Waals surface area contributed by atoms with Crippen LogP contribution >= 0.6 is 0 Å². The predicted octanol–water partition coefficient (Wildman–Crippen LogP) is 0.775. The fourth-order valence-electron chi connectivity index (χ4n) is 2.75. The van der Waals surface area contributed by atoms with E-state index in [1.54, 1.807) is 19.4 Å². The van der Waals surface area contributed by atoms with Crippen molar-refractivity contribution >= 4 is 0 Å². The van der Waals surface area contributed by atoms with Gasteiger partial charge in [0.15, 0.2) is 0 Å². The molecule has 1 aromatic heterocycles. The second-order valence-electron chi connectivity index (χ2n) is 5.07. The van der Waals surface area contributed by atoms with Crippen LogP contribution in [0, 0.1) is 0 Å². The van der Waals surface area contributed by atoms with Crippen LogP contribution in [0.2, 0.25) is 0 Å². The topological polar surface area (TPSA) is 65.5 Å². The highest BCUT2D eigenvalue weighted by Gasteiger charge is 2.42. The van der Waals surface area contributed by atoms with Crippen molar-refractivity contribution in [2.45, 2.75) is 31.0 Å². The van der Waals surface area contributed by atoms with E-state index in [1.165, 1.54) is 0 Å². The Morgan fingerprint density at radius 3 is 3.05 bits per heavy atom. The van der Waals surface area contributed by atoms with Crippen LogP contribution in [0.5, 0.6) is 11.9 Å². The second kappa shape index (κ2) is 5.30. The summed E-state index contributed by atoms with van der Waals surface area (Å²) in [5.74, 6) is 0.514. The molecule has 2 saturated heterocycles. The van der Waals surface area contributed by atoms with Crippen molar-refractivity contribution < 1.29 is 14.2 Å². The number of piperidine rings is 1. The van der Waals surface area contributed by atoms with Gasteiger partial charge in [-0.2, -0.15) is 4.98 Å². The molecule has 3 rings (SSSR count). The lowest BCUT2D eigenvalue weighted by atomic mass is 9.89. The van der Waals surface area contributed by atoms with E-state index in [0.717, 1.165) is 32.4 Å². The number of nitrogens with zero attached hydrogens (tertiary/aromatic N) is 2. The summed E-state index contributed by atoms with van der Waals surface area (Å²) >= 11 is 0. The molecule has 0 aromatic carbocycles. The fraction of sp³-hybridized carbons (Fsp3) is 0.692. The van der Waals surface area contributed by atoms with Gasteiger partial charge >= 0.3 is 6.01 Å². The molecule has 0 radical (unpaired) electrons. The Balaban J connectivity index is 1.61. The zero-order valence-corrected chi connectivity index (χ0v) is 11.1. The largest absolute Gasteiger partial charge is 0.481 e. The highest BCUT2D eigenvalue weighted by Crippen LogP contribution is 2.35. The predicted molar refractivity (Wildman–Crippen MR) is 68.4 cm³/mol. The summed E-state index contributed by atoms with van der Waals surface area (Å²) in [6.07, 6.45) is 4.68. The Bertz CT molecular complexity index is 435. The van der Waals surface area contributed by atoms with Crippen molar-refractivity contribution in [3.8, 4) is 11.9 Å². The van der Waals surface area contributed by atoms with Gasteiger partial charge in [0.25, 0.3) is 0 Å². The zero-order valence-electron chi connectivity index (χ0n) is 11.1. The zero-order chi connectivity index (χ0) is 13.1. The normalized spacial score (nSPS) is 25.4. The van der Waals surface area contributed by atoms with Gasteiger partial charge in [-0.15, -0.1) is 0 Å². The maximum absolute atomic E-state index is 5.97. The second-order valence-corrected chi connectivity index (χ2v) is 5.07. The molecular formula is C13H19N3O3. The van der Waals surface area contributed by atoms with Gasteiger partial charge in [0.05, 0.1) is 19.3 Å². The Kier molecular flexibility index (Phi) is 3.52. The molecule has 1 spiro atoms. The van der Waals surface area contributed by atoms with Crippen molar-refractivity contribution in [1.82, 2.24) is 15.3 Å². The smallest absolute Gasteiger partial charge is 0.320 e. The number of hydrogen-bond acceptors (Lipinski definition) is 6. The molecule has 0 bridgehead atoms. The molecule has 2 fully saturated rings. The van der Waals surface area contributed by atoms with E-state index in [-0.39, 0.29) is 11.7 Å². The number of nitrogens with one attached hydrogen (secondary N) is 1. The van der Waals surface area contributed by atoms with E-state index in [1.807, 2.05) is 0 Å². The van der Waals surface area contributed by atoms with Gasteiger partial charge in [0, 0.05) is 18.7 Å². The number of aromatic nitrogens is 2. The van der Waals surface area contributed by atoms with Crippen LogP contribution in [-0.4, -0.2) is 48.5 Å². The number of hydrogen-bond donors (Lipinski definition) is 1. The summed E-state index contributed by atoms with van der Waals surface area (Å²) in [4.78, 5) is 8.27. The van der Waals surface area contributed by atoms with Crippen molar-refractivity contribution in [3.05, 3.63) is 12.3 Å². The van der Waals surface area contributed by atoms with Crippen molar-refractivity contribution in [2.24, 2.45) is 0 Å². The first-order chi connectivity index (χ1) is 9.30. The molecule has 0 saturated carbocycles. The molecular weight excluding hydrogens is 246 g/mol. The average molecular weight is 265 g/mol. The average Bonchev–Trinajstić information content (AvgIpc) is 2.82. The van der Waals surface area contributed by atoms with Gasteiger partial charge in [-0.3, -0.25) is 0 Å². The van der Waals surface area contributed by atoms with Gasteiger partial charge in [-0.25, -0.2) is 4.98 Å². The monoisotopic (exact) mass is 265 g/mol. The lowest BCUT2D eigenvalue weighted by molar-refractivity contribution is -0.0206. The van der Waals surface area contributed by atoms with Crippen molar-refractivity contribution in [3.63, 3.8) is 0 Å². The molecule has 1 N–H and O–H groups in total. The van der Waals surface area contributed by atoms with Crippen LogP contribution in [0.15, 0.2) is 12.3 Å². The first-order valence-electron chi connectivity index (χ1n) is 6.68. The van der Waals surface area contributed by atoms with Crippen molar-refractivity contribution in [2.75, 3.05) is 26.8 Å². The summed E-state index contributed by atoms with van der Waals surface area (Å²) in [6.45, 7) is 2.64. The first kappa shape index (κ1) is 12.6. The summed E-state index contributed by atoms with van der Waals surface area (Å²) in [7, 11) is 1.58. The van der Waals surface area contributed by atoms with Gasteiger partial charge in [0.2, 0.25) is 5.88 Å². The van der Waals surface area contributed by atoms with Gasteiger partial charge < -0.3 is 19.5 Å². The van der Waals surface area contributed by atoms with Crippen LogP contribution in [0.3, 0.4) is 0 Å². The molecule has 1 atom stereocenters. The fourth-order valence-corrected chi connectivity index (χ4v) is 2.75. The first-order valence-corrected chi connectivity index (χ1v) is 6.68. The molecule has 1 unspecified atom stereocenters. The SMILES string of the molecule is COc1ccnc(OC2COC3(CCNCC3)C2)n1. The molecule has 0 amide bonds. The molecule has 2 aliphatic rings. The van der Waals surface area contributed by atoms with E-state index in [2.05, 4.69) is 15.3 Å². The highest BCUT2D eigenvalue weighted by atomic mass is 16.6. The third kappa shape index (κ3) is 2.79. The lowest BCUT2D eigenvalue weighted by Crippen LogP contribution is -2.41. The quantitative estimate of drug-likeness (QED) is 0.871. The molecule has 6 nitrogen and oxygen atoms in total. The van der Waals surface area contributed by atoms with Crippen LogP contribution in [0.4, 0.5) is 0 Å². The minimum atomic E-state index is -0.00518. The van der Waals surface area contributed by atoms with E-state index >= 15 is 0 Å². The Labute approximate surface area is 112 Å². The number of ether oxygens (including phenoxy) is 3. The molecule has 0 aliphatic carbocycles. The maximum atomic E-state index is 5.97. The maximum Gasteiger partial charge on any atom is 0.320 e. The van der Waals surface area contributed by atoms with Crippen LogP contribution in [0.1, 0.15) is 19.3 Å². The van der Waals surface area contributed by atoms with E-state index < -0.39 is 0 Å². The summed E-state index contributed by atoms with van der Waals surface area (Å²) < 4.78 is 16.8. The Morgan fingerprint density at radius 2 is 2.26 bits per heavy atom. The van der Waals surface area contributed by atoms with E-state index in [4.69, 9.17) is 14.2 Å². The minimum absolute atomic E-state index is 0.00518. The summed E-state index contributed by atoms with van der Waals surface area (Å²) in [5, 5.41) is 3.35. The summed E-state index contributed by atoms with van der Waals surface area (Å²) in [5.41, 5.74) is -0.00518. The minimum Gasteiger partial charge on any atom is -0.481 e. The lowest BCUT2D eigenvalue weighted by Gasteiger charge is -2.32. The molecule has 19 heavy (non-hydrogen) atoms. The molecule has 2 aliphatic heterocycles. The van der Waals surface area contributed by atoms with E-state index in [9.17, 15) is 0 Å². The molecule has 104 valence electrons. The Hall–Kier alpha value is -1.40. The highest BCUT2D eigenvalue weighted by molar-refractivity contribution is 5.11. The number of methoxy groups -OCH3 is 1. The van der Waals surface area contributed by atoms with Crippen LogP contribution < -0.4 is 14.8 Å². The van der Waals surface area contributed by atoms with Crippen molar-refractivity contribution in [1.29, 1.82) is 0 Å². The Morgan fingerprint density at radius 1 is 1.42 bits per heavy atom. The van der Waals surface area contributed by atoms with Gasteiger partial charge in [0.1, 0.15) is 6.10 Å². The summed E-state index contributed by atoms with van der Waals surface area (Å²) in [6, 6.07) is 2.06. The third-order valence-electron chi connectivity index (χ3n) is 3.78. The third-order valence-corrected chi connectivity index (χ3v) is 3.78. The van der Waals surface area contributed by atoms with Gasteiger partial charge in [-0.05, 0) is 25.9 Å². The van der Waals surface area contributed by atoms with Gasteiger partial charge in [-0.1, -0.05) is 0 Å². The molecule has 3 heterocycles. The molecule has 6 heteroatoms. The van der Waals surface area contributed by atoms with E-state index in [0.29, 0.717) is 18.5 Å². The standard InChI is InChI=1S/C13H19N3O3/c1-17-11-2-5-15-12(16-11)19-10-8-13(18-9-10)3-6-14-7-4-13/h2,5,10,14H,3-4,6-9H2,1H3.